The smallest absolute Gasteiger partial charge is 0.278 e. The number of rotatable bonds is 5. The van der Waals surface area contributed by atoms with Gasteiger partial charge in [0.1, 0.15) is 18.1 Å². The molecule has 0 saturated carbocycles. The molecule has 4 aromatic rings. The number of benzene rings is 3. The second-order valence-corrected chi connectivity index (χ2v) is 7.65. The lowest BCUT2D eigenvalue weighted by atomic mass is 10.1. The van der Waals surface area contributed by atoms with Crippen molar-refractivity contribution in [2.75, 3.05) is 10.6 Å². The van der Waals surface area contributed by atoms with Gasteiger partial charge in [0, 0.05) is 18.2 Å². The molecular weight excluding hydrogens is 447 g/mol. The van der Waals surface area contributed by atoms with Crippen LogP contribution < -0.4 is 16.2 Å². The van der Waals surface area contributed by atoms with Crippen molar-refractivity contribution < 1.29 is 14.0 Å². The minimum absolute atomic E-state index is 0.0932. The van der Waals surface area contributed by atoms with E-state index in [2.05, 4.69) is 15.6 Å². The summed E-state index contributed by atoms with van der Waals surface area (Å²) < 4.78 is 14.7. The van der Waals surface area contributed by atoms with E-state index in [1.807, 2.05) is 0 Å². The minimum Gasteiger partial charge on any atom is -0.326 e. The van der Waals surface area contributed by atoms with Gasteiger partial charge in [-0.2, -0.15) is 0 Å². The zero-order valence-electron chi connectivity index (χ0n) is 17.4. The number of amides is 2. The molecule has 4 rings (SSSR count). The van der Waals surface area contributed by atoms with Gasteiger partial charge in [-0.25, -0.2) is 9.37 Å². The van der Waals surface area contributed by atoms with Crippen molar-refractivity contribution in [2.24, 2.45) is 0 Å². The molecule has 9 heteroatoms. The zero-order valence-corrected chi connectivity index (χ0v) is 18.2. The van der Waals surface area contributed by atoms with Crippen LogP contribution in [0, 0.1) is 5.82 Å². The van der Waals surface area contributed by atoms with E-state index in [0.717, 1.165) is 6.07 Å². The van der Waals surface area contributed by atoms with Crippen molar-refractivity contribution in [3.05, 3.63) is 87.9 Å². The molecule has 1 heterocycles. The van der Waals surface area contributed by atoms with Crippen LogP contribution in [0.1, 0.15) is 6.92 Å². The van der Waals surface area contributed by atoms with Crippen LogP contribution in [-0.4, -0.2) is 21.4 Å². The van der Waals surface area contributed by atoms with Gasteiger partial charge >= 0.3 is 0 Å². The SMILES string of the molecule is CC(=O)Nc1ccccc1-c1nc2ccccc2n(CC(=O)Nc2ccc(F)c(Cl)c2)c1=O. The number of aromatic nitrogens is 2. The summed E-state index contributed by atoms with van der Waals surface area (Å²) in [4.78, 5) is 42.3. The van der Waals surface area contributed by atoms with Crippen LogP contribution in [0.15, 0.2) is 71.5 Å². The van der Waals surface area contributed by atoms with E-state index in [9.17, 15) is 18.8 Å². The third-order valence-corrected chi connectivity index (χ3v) is 5.14. The number of nitrogens with one attached hydrogen (secondary N) is 2. The monoisotopic (exact) mass is 464 g/mol. The van der Waals surface area contributed by atoms with E-state index in [4.69, 9.17) is 11.6 Å². The Kier molecular flexibility index (Phi) is 6.19. The highest BCUT2D eigenvalue weighted by molar-refractivity contribution is 6.31. The standard InChI is InChI=1S/C24H18ClFN4O3/c1-14(31)27-19-7-3-2-6-16(19)23-24(33)30(21-9-5-4-8-20(21)29-23)13-22(32)28-15-10-11-18(26)17(25)12-15/h2-12H,13H2,1H3,(H,27,31)(H,28,32). The molecule has 0 bridgehead atoms. The number of nitrogens with zero attached hydrogens (tertiary/aromatic N) is 2. The summed E-state index contributed by atoms with van der Waals surface area (Å²) in [6, 6.07) is 17.5. The fourth-order valence-electron chi connectivity index (χ4n) is 3.43. The Hall–Kier alpha value is -4.04. The van der Waals surface area contributed by atoms with E-state index in [0.29, 0.717) is 28.0 Å². The van der Waals surface area contributed by atoms with Crippen molar-refractivity contribution in [3.8, 4) is 11.3 Å². The Balaban J connectivity index is 1.78. The molecule has 166 valence electrons. The van der Waals surface area contributed by atoms with Crippen LogP contribution >= 0.6 is 11.6 Å². The van der Waals surface area contributed by atoms with E-state index in [1.165, 1.54) is 23.6 Å². The number of hydrogen-bond donors (Lipinski definition) is 2. The van der Waals surface area contributed by atoms with E-state index in [-0.39, 0.29) is 23.2 Å². The number of anilines is 2. The van der Waals surface area contributed by atoms with Crippen molar-refractivity contribution >= 4 is 45.8 Å². The minimum atomic E-state index is -0.603. The van der Waals surface area contributed by atoms with Gasteiger partial charge in [-0.3, -0.25) is 19.0 Å². The van der Waals surface area contributed by atoms with E-state index in [1.54, 1.807) is 48.5 Å². The average molecular weight is 465 g/mol. The third kappa shape index (κ3) is 4.75. The highest BCUT2D eigenvalue weighted by atomic mass is 35.5. The lowest BCUT2D eigenvalue weighted by Crippen LogP contribution is -2.30. The number of para-hydroxylation sites is 3. The zero-order chi connectivity index (χ0) is 23.5. The topological polar surface area (TPSA) is 93.1 Å². The first kappa shape index (κ1) is 22.2. The molecular formula is C24H18ClFN4O3. The predicted molar refractivity (Wildman–Crippen MR) is 126 cm³/mol. The number of fused-ring (bicyclic) bond motifs is 1. The van der Waals surface area contributed by atoms with Gasteiger partial charge in [-0.1, -0.05) is 41.9 Å². The summed E-state index contributed by atoms with van der Waals surface area (Å²) >= 11 is 5.78. The molecule has 0 radical (unpaired) electrons. The molecule has 2 N–H and O–H groups in total. The Morgan fingerprint density at radius 2 is 1.76 bits per heavy atom. The Morgan fingerprint density at radius 1 is 1.03 bits per heavy atom. The first-order chi connectivity index (χ1) is 15.8. The predicted octanol–water partition coefficient (Wildman–Crippen LogP) is 4.45. The second-order valence-electron chi connectivity index (χ2n) is 7.24. The lowest BCUT2D eigenvalue weighted by molar-refractivity contribution is -0.117. The van der Waals surface area contributed by atoms with Crippen LogP contribution in [0.5, 0.6) is 0 Å². The number of carbonyl (C=O) groups is 2. The molecule has 0 atom stereocenters. The fourth-order valence-corrected chi connectivity index (χ4v) is 3.61. The van der Waals surface area contributed by atoms with Gasteiger partial charge in [0.25, 0.3) is 5.56 Å². The van der Waals surface area contributed by atoms with Crippen molar-refractivity contribution in [3.63, 3.8) is 0 Å². The second kappa shape index (κ2) is 9.22. The van der Waals surface area contributed by atoms with Crippen molar-refractivity contribution in [1.82, 2.24) is 9.55 Å². The van der Waals surface area contributed by atoms with Crippen LogP contribution in [0.25, 0.3) is 22.3 Å². The summed E-state index contributed by atoms with van der Waals surface area (Å²) in [5.74, 6) is -1.40. The summed E-state index contributed by atoms with van der Waals surface area (Å²) in [5, 5.41) is 5.19. The molecule has 7 nitrogen and oxygen atoms in total. The molecule has 1 aromatic heterocycles. The normalized spacial score (nSPS) is 10.8. The van der Waals surface area contributed by atoms with E-state index < -0.39 is 17.3 Å². The third-order valence-electron chi connectivity index (χ3n) is 4.85. The fraction of sp³-hybridized carbons (Fsp3) is 0.0833. The highest BCUT2D eigenvalue weighted by Crippen LogP contribution is 2.26. The molecule has 0 fully saturated rings. The maximum absolute atomic E-state index is 13.4. The Bertz CT molecular complexity index is 1450. The van der Waals surface area contributed by atoms with Gasteiger partial charge in [-0.15, -0.1) is 0 Å². The van der Waals surface area contributed by atoms with Crippen LogP contribution in [0.2, 0.25) is 5.02 Å². The quantitative estimate of drug-likeness (QED) is 0.456. The Morgan fingerprint density at radius 3 is 2.52 bits per heavy atom. The molecule has 0 aliphatic rings. The Labute approximate surface area is 192 Å². The van der Waals surface area contributed by atoms with Crippen molar-refractivity contribution in [2.45, 2.75) is 13.5 Å². The number of hydrogen-bond acceptors (Lipinski definition) is 4. The lowest BCUT2D eigenvalue weighted by Gasteiger charge is -2.14. The maximum Gasteiger partial charge on any atom is 0.278 e. The molecule has 0 spiro atoms. The molecule has 0 aliphatic heterocycles. The highest BCUT2D eigenvalue weighted by Gasteiger charge is 2.18. The first-order valence-corrected chi connectivity index (χ1v) is 10.3. The molecule has 3 aromatic carbocycles. The molecule has 33 heavy (non-hydrogen) atoms. The largest absolute Gasteiger partial charge is 0.326 e. The number of carbonyl (C=O) groups excluding carboxylic acids is 2. The maximum atomic E-state index is 13.4. The van der Waals surface area contributed by atoms with Crippen molar-refractivity contribution in [1.29, 1.82) is 0 Å². The summed E-state index contributed by atoms with van der Waals surface area (Å²) in [7, 11) is 0. The summed E-state index contributed by atoms with van der Waals surface area (Å²) in [6.07, 6.45) is 0. The van der Waals surface area contributed by atoms with Gasteiger partial charge < -0.3 is 10.6 Å². The van der Waals surface area contributed by atoms with Gasteiger partial charge in [0.2, 0.25) is 11.8 Å². The van der Waals surface area contributed by atoms with Gasteiger partial charge in [-0.05, 0) is 36.4 Å². The molecule has 0 aliphatic carbocycles. The number of halogens is 2. The first-order valence-electron chi connectivity index (χ1n) is 9.95. The van der Waals surface area contributed by atoms with Crippen LogP contribution in [0.4, 0.5) is 15.8 Å². The average Bonchev–Trinajstić information content (AvgIpc) is 2.78. The molecule has 0 unspecified atom stereocenters. The van der Waals surface area contributed by atoms with Gasteiger partial charge in [0.15, 0.2) is 0 Å². The van der Waals surface area contributed by atoms with Gasteiger partial charge in [0.05, 0.1) is 21.7 Å². The van der Waals surface area contributed by atoms with Crippen LogP contribution in [0.3, 0.4) is 0 Å². The van der Waals surface area contributed by atoms with Crippen LogP contribution in [-0.2, 0) is 16.1 Å². The molecule has 0 saturated heterocycles. The van der Waals surface area contributed by atoms with E-state index >= 15 is 0 Å². The summed E-state index contributed by atoms with van der Waals surface area (Å²) in [5.41, 5.74) is 1.73. The summed E-state index contributed by atoms with van der Waals surface area (Å²) in [6.45, 7) is 1.06. The molecule has 2 amide bonds.